The van der Waals surface area contributed by atoms with Crippen LogP contribution < -0.4 is 5.56 Å². The average molecular weight is 251 g/mol. The quantitative estimate of drug-likeness (QED) is 0.761. The second-order valence-electron chi connectivity index (χ2n) is 4.33. The fourth-order valence-corrected chi connectivity index (χ4v) is 2.01. The summed E-state index contributed by atoms with van der Waals surface area (Å²) in [5.74, 6) is 0.523. The Bertz CT molecular complexity index is 792. The standard InChI is InChI=1S/C15H13N3O/c1-2-11-9-14(19)18-15(16-11)13-8-7-10-5-3-4-6-12(10)17-13/h3-9H,2H2,1H3,(H,16,18,19). The van der Waals surface area contributed by atoms with E-state index in [-0.39, 0.29) is 5.56 Å². The zero-order valence-corrected chi connectivity index (χ0v) is 10.6. The average Bonchev–Trinajstić information content (AvgIpc) is 2.46. The van der Waals surface area contributed by atoms with Gasteiger partial charge in [0.2, 0.25) is 0 Å². The summed E-state index contributed by atoms with van der Waals surface area (Å²) in [4.78, 5) is 23.3. The Labute approximate surface area is 110 Å². The number of aromatic nitrogens is 3. The Kier molecular flexibility index (Phi) is 2.83. The van der Waals surface area contributed by atoms with Crippen LogP contribution in [0, 0.1) is 0 Å². The predicted molar refractivity (Wildman–Crippen MR) is 75.0 cm³/mol. The van der Waals surface area contributed by atoms with Gasteiger partial charge in [-0.3, -0.25) is 4.79 Å². The number of pyridine rings is 1. The normalized spacial score (nSPS) is 10.8. The van der Waals surface area contributed by atoms with Crippen LogP contribution in [-0.2, 0) is 6.42 Å². The molecule has 19 heavy (non-hydrogen) atoms. The van der Waals surface area contributed by atoms with E-state index < -0.39 is 0 Å². The fourth-order valence-electron chi connectivity index (χ4n) is 2.01. The van der Waals surface area contributed by atoms with E-state index >= 15 is 0 Å². The van der Waals surface area contributed by atoms with Crippen molar-refractivity contribution in [1.82, 2.24) is 15.0 Å². The maximum atomic E-state index is 11.6. The van der Waals surface area contributed by atoms with Crippen molar-refractivity contribution in [1.29, 1.82) is 0 Å². The summed E-state index contributed by atoms with van der Waals surface area (Å²) in [7, 11) is 0. The number of H-pyrrole nitrogens is 1. The third-order valence-corrected chi connectivity index (χ3v) is 3.00. The van der Waals surface area contributed by atoms with Gasteiger partial charge in [-0.25, -0.2) is 9.97 Å². The van der Waals surface area contributed by atoms with Crippen LogP contribution in [0.4, 0.5) is 0 Å². The molecule has 1 aromatic carbocycles. The molecule has 0 aliphatic heterocycles. The van der Waals surface area contributed by atoms with Gasteiger partial charge in [0.1, 0.15) is 5.69 Å². The van der Waals surface area contributed by atoms with Crippen LogP contribution in [0.15, 0.2) is 47.3 Å². The molecule has 0 aliphatic rings. The number of hydrogen-bond acceptors (Lipinski definition) is 3. The van der Waals surface area contributed by atoms with E-state index in [9.17, 15) is 4.79 Å². The molecule has 0 saturated heterocycles. The first kappa shape index (κ1) is 11.6. The van der Waals surface area contributed by atoms with Crippen molar-refractivity contribution in [2.24, 2.45) is 0 Å². The topological polar surface area (TPSA) is 58.6 Å². The van der Waals surface area contributed by atoms with E-state index in [2.05, 4.69) is 15.0 Å². The van der Waals surface area contributed by atoms with Gasteiger partial charge < -0.3 is 4.98 Å². The Morgan fingerprint density at radius 3 is 2.79 bits per heavy atom. The number of aromatic amines is 1. The minimum absolute atomic E-state index is 0.142. The molecule has 0 amide bonds. The van der Waals surface area contributed by atoms with Crippen molar-refractivity contribution < 1.29 is 0 Å². The molecule has 0 fully saturated rings. The lowest BCUT2D eigenvalue weighted by Gasteiger charge is -2.04. The first-order chi connectivity index (χ1) is 9.26. The number of hydrogen-bond donors (Lipinski definition) is 1. The SMILES string of the molecule is CCc1cc(=O)[nH]c(-c2ccc3ccccc3n2)n1. The van der Waals surface area contributed by atoms with Crippen molar-refractivity contribution in [2.75, 3.05) is 0 Å². The highest BCUT2D eigenvalue weighted by Crippen LogP contribution is 2.17. The Morgan fingerprint density at radius 2 is 1.95 bits per heavy atom. The van der Waals surface area contributed by atoms with Gasteiger partial charge in [-0.05, 0) is 18.6 Å². The number of benzene rings is 1. The largest absolute Gasteiger partial charge is 0.305 e. The van der Waals surface area contributed by atoms with Crippen LogP contribution in [0.5, 0.6) is 0 Å². The van der Waals surface area contributed by atoms with Gasteiger partial charge in [0.25, 0.3) is 5.56 Å². The summed E-state index contributed by atoms with van der Waals surface area (Å²) in [6.07, 6.45) is 0.727. The molecule has 0 bridgehead atoms. The van der Waals surface area contributed by atoms with Crippen LogP contribution >= 0.6 is 0 Å². The lowest BCUT2D eigenvalue weighted by atomic mass is 10.2. The molecule has 0 unspecified atom stereocenters. The second kappa shape index (κ2) is 4.65. The zero-order valence-electron chi connectivity index (χ0n) is 10.6. The second-order valence-corrected chi connectivity index (χ2v) is 4.33. The van der Waals surface area contributed by atoms with E-state index in [1.165, 1.54) is 6.07 Å². The number of rotatable bonds is 2. The van der Waals surface area contributed by atoms with Crippen molar-refractivity contribution in [3.05, 3.63) is 58.5 Å². The number of nitrogens with one attached hydrogen (secondary N) is 1. The summed E-state index contributed by atoms with van der Waals surface area (Å²) >= 11 is 0. The maximum absolute atomic E-state index is 11.6. The number of para-hydroxylation sites is 1. The van der Waals surface area contributed by atoms with Crippen LogP contribution in [0.1, 0.15) is 12.6 Å². The van der Waals surface area contributed by atoms with Gasteiger partial charge in [0.15, 0.2) is 5.82 Å². The molecule has 4 heteroatoms. The lowest BCUT2D eigenvalue weighted by molar-refractivity contribution is 0.981. The minimum Gasteiger partial charge on any atom is -0.305 e. The highest BCUT2D eigenvalue weighted by atomic mass is 16.1. The van der Waals surface area contributed by atoms with E-state index in [4.69, 9.17) is 0 Å². The number of aryl methyl sites for hydroxylation is 1. The van der Waals surface area contributed by atoms with Crippen molar-refractivity contribution in [2.45, 2.75) is 13.3 Å². The predicted octanol–water partition coefficient (Wildman–Crippen LogP) is 2.55. The molecule has 0 spiro atoms. The smallest absolute Gasteiger partial charge is 0.251 e. The first-order valence-electron chi connectivity index (χ1n) is 6.22. The molecular formula is C15H13N3O. The lowest BCUT2D eigenvalue weighted by Crippen LogP contribution is -2.10. The van der Waals surface area contributed by atoms with E-state index in [0.717, 1.165) is 23.0 Å². The Balaban J connectivity index is 2.18. The number of nitrogens with zero attached hydrogens (tertiary/aromatic N) is 2. The van der Waals surface area contributed by atoms with Crippen LogP contribution in [-0.4, -0.2) is 15.0 Å². The zero-order chi connectivity index (χ0) is 13.2. The molecule has 1 N–H and O–H groups in total. The monoisotopic (exact) mass is 251 g/mol. The highest BCUT2D eigenvalue weighted by molar-refractivity contribution is 5.80. The molecule has 3 aromatic rings. The van der Waals surface area contributed by atoms with Gasteiger partial charge in [0.05, 0.1) is 5.52 Å². The summed E-state index contributed by atoms with van der Waals surface area (Å²) in [6, 6.07) is 13.2. The fraction of sp³-hybridized carbons (Fsp3) is 0.133. The first-order valence-corrected chi connectivity index (χ1v) is 6.22. The summed E-state index contributed by atoms with van der Waals surface area (Å²) in [5.41, 5.74) is 2.21. The van der Waals surface area contributed by atoms with Gasteiger partial charge in [-0.15, -0.1) is 0 Å². The van der Waals surface area contributed by atoms with Crippen LogP contribution in [0.2, 0.25) is 0 Å². The molecule has 3 rings (SSSR count). The van der Waals surface area contributed by atoms with Gasteiger partial charge in [0, 0.05) is 17.1 Å². The van der Waals surface area contributed by atoms with Gasteiger partial charge in [-0.2, -0.15) is 0 Å². The number of fused-ring (bicyclic) bond motifs is 1. The van der Waals surface area contributed by atoms with Gasteiger partial charge in [-0.1, -0.05) is 31.2 Å². The molecule has 0 atom stereocenters. The van der Waals surface area contributed by atoms with Crippen LogP contribution in [0.25, 0.3) is 22.4 Å². The molecule has 4 nitrogen and oxygen atoms in total. The van der Waals surface area contributed by atoms with Crippen molar-refractivity contribution in [3.63, 3.8) is 0 Å². The molecule has 94 valence electrons. The summed E-state index contributed by atoms with van der Waals surface area (Å²) in [5, 5.41) is 1.07. The Hall–Kier alpha value is -2.49. The minimum atomic E-state index is -0.142. The molecule has 0 aliphatic carbocycles. The molecule has 0 saturated carbocycles. The summed E-state index contributed by atoms with van der Waals surface area (Å²) in [6.45, 7) is 1.97. The maximum Gasteiger partial charge on any atom is 0.251 e. The van der Waals surface area contributed by atoms with Crippen molar-refractivity contribution in [3.8, 4) is 11.5 Å². The third-order valence-electron chi connectivity index (χ3n) is 3.00. The molecule has 0 radical (unpaired) electrons. The molecular weight excluding hydrogens is 238 g/mol. The van der Waals surface area contributed by atoms with E-state index in [0.29, 0.717) is 11.5 Å². The molecule has 2 aromatic heterocycles. The molecule has 2 heterocycles. The van der Waals surface area contributed by atoms with Gasteiger partial charge >= 0.3 is 0 Å². The van der Waals surface area contributed by atoms with E-state index in [1.54, 1.807) is 0 Å². The van der Waals surface area contributed by atoms with Crippen molar-refractivity contribution >= 4 is 10.9 Å². The van der Waals surface area contributed by atoms with Crippen LogP contribution in [0.3, 0.4) is 0 Å². The highest BCUT2D eigenvalue weighted by Gasteiger charge is 2.05. The van der Waals surface area contributed by atoms with E-state index in [1.807, 2.05) is 43.3 Å². The summed E-state index contributed by atoms with van der Waals surface area (Å²) < 4.78 is 0. The third kappa shape index (κ3) is 2.25. The Morgan fingerprint density at radius 1 is 1.11 bits per heavy atom.